The molecule has 1 aromatic carbocycles. The van der Waals surface area contributed by atoms with Crippen molar-refractivity contribution in [1.82, 2.24) is 0 Å². The molecule has 158 valence electrons. The highest BCUT2D eigenvalue weighted by molar-refractivity contribution is 6.47. The number of rotatable bonds is 7. The van der Waals surface area contributed by atoms with Gasteiger partial charge in [-0.15, -0.1) is 0 Å². The molecule has 1 atom stereocenters. The second-order valence-corrected chi connectivity index (χ2v) is 8.57. The SMILES string of the molecule is CCCC(=O)C[C@H]1Cc2cc(Cl)cc(C(=O)OCOC(=O)C(C)(C)C)c2OB1O. The zero-order valence-electron chi connectivity index (χ0n) is 17.1. The molecule has 0 radical (unpaired) electrons. The third kappa shape index (κ3) is 6.21. The number of esters is 2. The number of carbonyl (C=O) groups is 3. The van der Waals surface area contributed by atoms with Gasteiger partial charge in [0, 0.05) is 23.7 Å². The summed E-state index contributed by atoms with van der Waals surface area (Å²) in [5.74, 6) is -1.52. The summed E-state index contributed by atoms with van der Waals surface area (Å²) in [5, 5.41) is 10.6. The summed E-state index contributed by atoms with van der Waals surface area (Å²) in [6, 6.07) is 3.00. The van der Waals surface area contributed by atoms with Crippen LogP contribution in [-0.4, -0.2) is 36.7 Å². The van der Waals surface area contributed by atoms with Crippen molar-refractivity contribution in [2.75, 3.05) is 6.79 Å². The van der Waals surface area contributed by atoms with Crippen LogP contribution < -0.4 is 4.65 Å². The summed E-state index contributed by atoms with van der Waals surface area (Å²) in [7, 11) is -1.23. The fraction of sp³-hybridized carbons (Fsp3) is 0.550. The van der Waals surface area contributed by atoms with Crippen molar-refractivity contribution in [1.29, 1.82) is 0 Å². The van der Waals surface area contributed by atoms with Gasteiger partial charge in [0.05, 0.1) is 5.41 Å². The summed E-state index contributed by atoms with van der Waals surface area (Å²) in [5.41, 5.74) is -0.0913. The molecule has 0 bridgehead atoms. The molecule has 0 fully saturated rings. The van der Waals surface area contributed by atoms with Crippen LogP contribution in [-0.2, 0) is 25.5 Å². The van der Waals surface area contributed by atoms with Crippen molar-refractivity contribution in [3.8, 4) is 5.75 Å². The molecular formula is C20H26BClO7. The Kier molecular flexibility index (Phi) is 7.71. The second kappa shape index (κ2) is 9.63. The first-order valence-electron chi connectivity index (χ1n) is 9.56. The zero-order valence-corrected chi connectivity index (χ0v) is 17.9. The van der Waals surface area contributed by atoms with E-state index in [0.29, 0.717) is 23.4 Å². The third-order valence-electron chi connectivity index (χ3n) is 4.49. The van der Waals surface area contributed by atoms with Gasteiger partial charge in [-0.05, 0) is 51.3 Å². The van der Waals surface area contributed by atoms with Crippen molar-refractivity contribution in [3.05, 3.63) is 28.3 Å². The second-order valence-electron chi connectivity index (χ2n) is 8.14. The summed E-state index contributed by atoms with van der Waals surface area (Å²) in [6.45, 7) is 6.41. The van der Waals surface area contributed by atoms with Gasteiger partial charge >= 0.3 is 19.1 Å². The molecule has 0 aromatic heterocycles. The van der Waals surface area contributed by atoms with Crippen molar-refractivity contribution in [3.63, 3.8) is 0 Å². The van der Waals surface area contributed by atoms with Crippen LogP contribution in [0.4, 0.5) is 0 Å². The Bertz CT molecular complexity index is 788. The molecule has 1 aromatic rings. The van der Waals surface area contributed by atoms with Crippen LogP contribution in [0.2, 0.25) is 10.8 Å². The zero-order chi connectivity index (χ0) is 21.8. The van der Waals surface area contributed by atoms with Gasteiger partial charge in [-0.2, -0.15) is 0 Å². The number of halogens is 1. The molecule has 9 heteroatoms. The number of ketones is 1. The van der Waals surface area contributed by atoms with Gasteiger partial charge < -0.3 is 19.2 Å². The van der Waals surface area contributed by atoms with E-state index in [1.807, 2.05) is 6.92 Å². The Morgan fingerprint density at radius 3 is 2.59 bits per heavy atom. The molecule has 1 aliphatic heterocycles. The van der Waals surface area contributed by atoms with Crippen LogP contribution in [0.1, 0.15) is 62.9 Å². The Hall–Kier alpha value is -2.06. The first-order chi connectivity index (χ1) is 13.5. The normalized spacial score (nSPS) is 15.9. The van der Waals surface area contributed by atoms with Gasteiger partial charge in [-0.1, -0.05) is 18.5 Å². The van der Waals surface area contributed by atoms with Gasteiger partial charge in [0.1, 0.15) is 17.1 Å². The number of carbonyl (C=O) groups excluding carboxylic acids is 3. The largest absolute Gasteiger partial charge is 0.535 e. The standard InChI is InChI=1S/C20H26BClO7/c1-5-6-15(23)9-13-7-12-8-14(22)10-16(17(12)29-21(13)26)18(24)27-11-28-19(25)20(2,3)4/h8,10,13,26H,5-7,9,11H2,1-4H3/t13-/m1/s1. The van der Waals surface area contributed by atoms with E-state index in [0.717, 1.165) is 6.42 Å². The van der Waals surface area contributed by atoms with Gasteiger partial charge in [-0.25, -0.2) is 4.79 Å². The number of ether oxygens (including phenoxy) is 2. The molecule has 7 nitrogen and oxygen atoms in total. The number of hydrogen-bond acceptors (Lipinski definition) is 7. The van der Waals surface area contributed by atoms with Gasteiger partial charge in [0.2, 0.25) is 6.79 Å². The minimum Gasteiger partial charge on any atom is -0.535 e. The summed E-state index contributed by atoms with van der Waals surface area (Å²) in [4.78, 5) is 36.2. The molecular weight excluding hydrogens is 398 g/mol. The first kappa shape index (κ1) is 23.2. The quantitative estimate of drug-likeness (QED) is 0.405. The summed E-state index contributed by atoms with van der Waals surface area (Å²) in [6.07, 6.45) is 1.70. The highest BCUT2D eigenvalue weighted by atomic mass is 35.5. The molecule has 0 amide bonds. The van der Waals surface area contributed by atoms with Crippen molar-refractivity contribution < 1.29 is 33.5 Å². The molecule has 1 heterocycles. The fourth-order valence-electron chi connectivity index (χ4n) is 2.97. The number of hydrogen-bond donors (Lipinski definition) is 1. The Balaban J connectivity index is 2.12. The van der Waals surface area contributed by atoms with Crippen LogP contribution in [0, 0.1) is 5.41 Å². The Morgan fingerprint density at radius 2 is 1.97 bits per heavy atom. The fourth-order valence-corrected chi connectivity index (χ4v) is 3.21. The molecule has 1 aliphatic rings. The Morgan fingerprint density at radius 1 is 1.28 bits per heavy atom. The van der Waals surface area contributed by atoms with Crippen molar-refractivity contribution in [2.45, 2.75) is 59.2 Å². The van der Waals surface area contributed by atoms with E-state index in [-0.39, 0.29) is 23.5 Å². The van der Waals surface area contributed by atoms with Crippen LogP contribution in [0.25, 0.3) is 0 Å². The van der Waals surface area contributed by atoms with Gasteiger partial charge in [0.15, 0.2) is 0 Å². The van der Waals surface area contributed by atoms with Crippen LogP contribution in [0.5, 0.6) is 5.75 Å². The smallest absolute Gasteiger partial charge is 0.526 e. The average molecular weight is 425 g/mol. The highest BCUT2D eigenvalue weighted by Crippen LogP contribution is 2.38. The molecule has 0 aliphatic carbocycles. The third-order valence-corrected chi connectivity index (χ3v) is 4.70. The van der Waals surface area contributed by atoms with E-state index in [2.05, 4.69) is 0 Å². The average Bonchev–Trinajstić information content (AvgIpc) is 2.61. The maximum absolute atomic E-state index is 12.5. The van der Waals surface area contributed by atoms with E-state index in [1.54, 1.807) is 26.8 Å². The summed E-state index contributed by atoms with van der Waals surface area (Å²) < 4.78 is 15.5. The first-order valence-corrected chi connectivity index (χ1v) is 9.94. The topological polar surface area (TPSA) is 99.1 Å². The molecule has 0 saturated carbocycles. The van der Waals surface area contributed by atoms with Crippen molar-refractivity contribution >= 4 is 36.4 Å². The minimum absolute atomic E-state index is 0.0247. The van der Waals surface area contributed by atoms with Crippen LogP contribution >= 0.6 is 11.6 Å². The lowest BCUT2D eigenvalue weighted by atomic mass is 9.64. The monoisotopic (exact) mass is 424 g/mol. The molecule has 29 heavy (non-hydrogen) atoms. The lowest BCUT2D eigenvalue weighted by molar-refractivity contribution is -0.161. The maximum atomic E-state index is 12.5. The number of fused-ring (bicyclic) bond motifs is 1. The lowest BCUT2D eigenvalue weighted by Crippen LogP contribution is -2.36. The molecule has 2 rings (SSSR count). The molecule has 0 spiro atoms. The minimum atomic E-state index is -1.23. The maximum Gasteiger partial charge on any atom is 0.526 e. The molecule has 0 saturated heterocycles. The molecule has 1 N–H and O–H groups in total. The van der Waals surface area contributed by atoms with Gasteiger partial charge in [-0.3, -0.25) is 9.59 Å². The summed E-state index contributed by atoms with van der Waals surface area (Å²) >= 11 is 6.13. The van der Waals surface area contributed by atoms with E-state index in [1.165, 1.54) is 6.07 Å². The van der Waals surface area contributed by atoms with Crippen LogP contribution in [0.15, 0.2) is 12.1 Å². The highest BCUT2D eigenvalue weighted by Gasteiger charge is 2.38. The molecule has 0 unspecified atom stereocenters. The van der Waals surface area contributed by atoms with E-state index < -0.39 is 37.1 Å². The van der Waals surface area contributed by atoms with E-state index in [4.69, 9.17) is 25.7 Å². The lowest BCUT2D eigenvalue weighted by Gasteiger charge is -2.28. The number of benzene rings is 1. The van der Waals surface area contributed by atoms with Crippen LogP contribution in [0.3, 0.4) is 0 Å². The Labute approximate surface area is 175 Å². The van der Waals surface area contributed by atoms with E-state index in [9.17, 15) is 19.4 Å². The van der Waals surface area contributed by atoms with Gasteiger partial charge in [0.25, 0.3) is 0 Å². The number of Topliss-reactive ketones (excluding diaryl/α,β-unsaturated/α-hetero) is 1. The van der Waals surface area contributed by atoms with Crippen molar-refractivity contribution in [2.24, 2.45) is 5.41 Å². The predicted molar refractivity (Wildman–Crippen MR) is 108 cm³/mol. The predicted octanol–water partition coefficient (Wildman–Crippen LogP) is 3.59. The van der Waals surface area contributed by atoms with E-state index >= 15 is 0 Å².